The van der Waals surface area contributed by atoms with E-state index in [0.29, 0.717) is 18.7 Å². The fraction of sp³-hybridized carbons (Fsp3) is 0.419. The molecule has 3 heterocycles. The summed E-state index contributed by atoms with van der Waals surface area (Å²) in [5.74, 6) is 1.49. The van der Waals surface area contributed by atoms with E-state index in [1.807, 2.05) is 36.5 Å². The average Bonchev–Trinajstić information content (AvgIpc) is 3.74. The molecule has 40 heavy (non-hydrogen) atoms. The standard InChI is InChI=1S/C31H38N6O3/c1-2-3-5-8-23-11-13-24(14-12-23)31(38)32-17-18-37-20-26(35-36-37)9-6-4-7-10-27-30(34-21-33-27)25-15-16-28-29(19-25)40-22-39-28/h11-16,19-21H,2-10,17-18,22H2,1H3,(H,32,38)(H,33,34). The van der Waals surface area contributed by atoms with Crippen molar-refractivity contribution in [1.29, 1.82) is 0 Å². The summed E-state index contributed by atoms with van der Waals surface area (Å²) in [6, 6.07) is 13.9. The van der Waals surface area contributed by atoms with Crippen molar-refractivity contribution in [3.63, 3.8) is 0 Å². The van der Waals surface area contributed by atoms with E-state index in [-0.39, 0.29) is 12.7 Å². The van der Waals surface area contributed by atoms with Crippen LogP contribution in [0.1, 0.15) is 72.8 Å². The molecule has 1 aliphatic rings. The third kappa shape index (κ3) is 7.28. The normalized spacial score (nSPS) is 12.1. The summed E-state index contributed by atoms with van der Waals surface area (Å²) in [5, 5.41) is 11.5. The van der Waals surface area contributed by atoms with Crippen molar-refractivity contribution in [2.45, 2.75) is 71.3 Å². The number of ether oxygens (including phenoxy) is 2. The lowest BCUT2D eigenvalue weighted by atomic mass is 10.0. The topological polar surface area (TPSA) is 107 Å². The fourth-order valence-corrected chi connectivity index (χ4v) is 4.94. The van der Waals surface area contributed by atoms with Crippen LogP contribution in [-0.4, -0.2) is 44.2 Å². The molecule has 210 valence electrons. The molecule has 0 aliphatic carbocycles. The van der Waals surface area contributed by atoms with E-state index in [1.165, 1.54) is 24.8 Å². The molecule has 9 nitrogen and oxygen atoms in total. The van der Waals surface area contributed by atoms with Crippen LogP contribution in [0.15, 0.2) is 55.0 Å². The molecular weight excluding hydrogens is 504 g/mol. The highest BCUT2D eigenvalue weighted by molar-refractivity contribution is 5.94. The lowest BCUT2D eigenvalue weighted by molar-refractivity contribution is 0.0952. The van der Waals surface area contributed by atoms with Crippen LogP contribution >= 0.6 is 0 Å². The zero-order chi connectivity index (χ0) is 27.6. The molecule has 0 unspecified atom stereocenters. The van der Waals surface area contributed by atoms with Gasteiger partial charge in [-0.25, -0.2) is 4.98 Å². The zero-order valence-corrected chi connectivity index (χ0v) is 23.2. The SMILES string of the molecule is CCCCCc1ccc(C(=O)NCCn2cc(CCCCCc3[nH]cnc3-c3ccc4c(c3)OCO4)nn2)cc1. The van der Waals surface area contributed by atoms with E-state index in [9.17, 15) is 4.79 Å². The number of aromatic amines is 1. The molecule has 0 fully saturated rings. The van der Waals surface area contributed by atoms with Crippen LogP contribution in [0.5, 0.6) is 11.5 Å². The van der Waals surface area contributed by atoms with Gasteiger partial charge in [-0.3, -0.25) is 9.48 Å². The molecule has 9 heteroatoms. The molecule has 2 aromatic heterocycles. The number of nitrogens with one attached hydrogen (secondary N) is 2. The van der Waals surface area contributed by atoms with E-state index >= 15 is 0 Å². The molecule has 0 atom stereocenters. The first-order valence-electron chi connectivity index (χ1n) is 14.4. The molecule has 0 spiro atoms. The molecule has 1 amide bonds. The molecule has 0 radical (unpaired) electrons. The minimum atomic E-state index is -0.0561. The Labute approximate surface area is 235 Å². The second-order valence-electron chi connectivity index (χ2n) is 10.2. The predicted molar refractivity (Wildman–Crippen MR) is 153 cm³/mol. The minimum absolute atomic E-state index is 0.0561. The number of aromatic nitrogens is 5. The highest BCUT2D eigenvalue weighted by Crippen LogP contribution is 2.36. The van der Waals surface area contributed by atoms with Gasteiger partial charge in [0.1, 0.15) is 0 Å². The first-order valence-corrected chi connectivity index (χ1v) is 14.4. The second-order valence-corrected chi connectivity index (χ2v) is 10.2. The van der Waals surface area contributed by atoms with Crippen LogP contribution in [0.2, 0.25) is 0 Å². The first kappa shape index (κ1) is 27.4. The van der Waals surface area contributed by atoms with E-state index in [2.05, 4.69) is 44.7 Å². The van der Waals surface area contributed by atoms with Gasteiger partial charge >= 0.3 is 0 Å². The maximum Gasteiger partial charge on any atom is 0.251 e. The number of amides is 1. The summed E-state index contributed by atoms with van der Waals surface area (Å²) in [4.78, 5) is 20.3. The number of hydrogen-bond donors (Lipinski definition) is 2. The van der Waals surface area contributed by atoms with Gasteiger partial charge in [0.25, 0.3) is 5.91 Å². The smallest absolute Gasteiger partial charge is 0.251 e. The summed E-state index contributed by atoms with van der Waals surface area (Å²) in [5.41, 5.74) is 6.09. The Bertz CT molecular complexity index is 1380. The quantitative estimate of drug-likeness (QED) is 0.192. The number of rotatable bonds is 15. The predicted octanol–water partition coefficient (Wildman–Crippen LogP) is 5.52. The molecule has 1 aliphatic heterocycles. The number of unbranched alkanes of at least 4 members (excludes halogenated alkanes) is 4. The Hall–Kier alpha value is -4.14. The number of H-pyrrole nitrogens is 1. The monoisotopic (exact) mass is 542 g/mol. The second kappa shape index (κ2) is 13.8. The Morgan fingerprint density at radius 2 is 1.80 bits per heavy atom. The zero-order valence-electron chi connectivity index (χ0n) is 23.2. The van der Waals surface area contributed by atoms with Crippen molar-refractivity contribution in [2.75, 3.05) is 13.3 Å². The van der Waals surface area contributed by atoms with Gasteiger partial charge in [-0.15, -0.1) is 5.10 Å². The van der Waals surface area contributed by atoms with Gasteiger partial charge in [-0.05, 0) is 74.4 Å². The summed E-state index contributed by atoms with van der Waals surface area (Å²) >= 11 is 0. The Balaban J connectivity index is 0.988. The van der Waals surface area contributed by atoms with E-state index in [4.69, 9.17) is 9.47 Å². The van der Waals surface area contributed by atoms with Gasteiger partial charge in [-0.1, -0.05) is 43.5 Å². The minimum Gasteiger partial charge on any atom is -0.454 e. The van der Waals surface area contributed by atoms with Crippen molar-refractivity contribution in [1.82, 2.24) is 30.3 Å². The van der Waals surface area contributed by atoms with Gasteiger partial charge in [-0.2, -0.15) is 0 Å². The molecule has 0 saturated carbocycles. The van der Waals surface area contributed by atoms with Crippen LogP contribution in [0.3, 0.4) is 0 Å². The number of benzene rings is 2. The third-order valence-corrected chi connectivity index (χ3v) is 7.22. The van der Waals surface area contributed by atoms with Crippen LogP contribution < -0.4 is 14.8 Å². The van der Waals surface area contributed by atoms with Crippen LogP contribution in [0.25, 0.3) is 11.3 Å². The summed E-state index contributed by atoms with van der Waals surface area (Å²) in [6.45, 7) is 3.58. The van der Waals surface area contributed by atoms with Gasteiger partial charge in [0.2, 0.25) is 6.79 Å². The summed E-state index contributed by atoms with van der Waals surface area (Å²) in [6.07, 6.45) is 13.4. The molecule has 0 bridgehead atoms. The van der Waals surface area contributed by atoms with Crippen LogP contribution in [0.4, 0.5) is 0 Å². The largest absolute Gasteiger partial charge is 0.454 e. The fourth-order valence-electron chi connectivity index (χ4n) is 4.94. The average molecular weight is 543 g/mol. The van der Waals surface area contributed by atoms with Crippen molar-refractivity contribution < 1.29 is 14.3 Å². The Kier molecular flexibility index (Phi) is 9.45. The molecule has 0 saturated heterocycles. The number of nitrogens with zero attached hydrogens (tertiary/aromatic N) is 4. The number of hydrogen-bond acceptors (Lipinski definition) is 6. The van der Waals surface area contributed by atoms with Gasteiger partial charge in [0.15, 0.2) is 11.5 Å². The Morgan fingerprint density at radius 1 is 0.975 bits per heavy atom. The lowest BCUT2D eigenvalue weighted by Crippen LogP contribution is -2.27. The van der Waals surface area contributed by atoms with Gasteiger partial charge in [0.05, 0.1) is 24.3 Å². The maximum atomic E-state index is 12.5. The first-order chi connectivity index (χ1) is 19.7. The molecule has 5 rings (SSSR count). The van der Waals surface area contributed by atoms with Crippen molar-refractivity contribution >= 4 is 5.91 Å². The molecule has 2 N–H and O–H groups in total. The van der Waals surface area contributed by atoms with Crippen molar-refractivity contribution in [3.8, 4) is 22.8 Å². The van der Waals surface area contributed by atoms with Gasteiger partial charge < -0.3 is 19.8 Å². The third-order valence-electron chi connectivity index (χ3n) is 7.22. The van der Waals surface area contributed by atoms with Gasteiger partial charge in [0, 0.05) is 29.6 Å². The van der Waals surface area contributed by atoms with E-state index in [1.54, 1.807) is 11.0 Å². The highest BCUT2D eigenvalue weighted by atomic mass is 16.7. The number of aryl methyl sites for hydroxylation is 3. The molecule has 2 aromatic carbocycles. The number of imidazole rings is 1. The maximum absolute atomic E-state index is 12.5. The van der Waals surface area contributed by atoms with Crippen molar-refractivity contribution in [2.24, 2.45) is 0 Å². The highest BCUT2D eigenvalue weighted by Gasteiger charge is 2.16. The Morgan fingerprint density at radius 3 is 2.67 bits per heavy atom. The van der Waals surface area contributed by atoms with E-state index in [0.717, 1.165) is 72.7 Å². The molecular formula is C31H38N6O3. The van der Waals surface area contributed by atoms with Crippen LogP contribution in [-0.2, 0) is 25.8 Å². The van der Waals surface area contributed by atoms with Crippen molar-refractivity contribution in [3.05, 3.63) is 77.5 Å². The number of carbonyl (C=O) groups is 1. The van der Waals surface area contributed by atoms with Crippen LogP contribution in [0, 0.1) is 0 Å². The molecule has 4 aromatic rings. The lowest BCUT2D eigenvalue weighted by Gasteiger charge is -2.06. The number of fused-ring (bicyclic) bond motifs is 1. The summed E-state index contributed by atoms with van der Waals surface area (Å²) in [7, 11) is 0. The van der Waals surface area contributed by atoms with E-state index < -0.39 is 0 Å². The summed E-state index contributed by atoms with van der Waals surface area (Å²) < 4.78 is 12.7. The number of carbonyl (C=O) groups excluding carboxylic acids is 1.